The number of anilines is 1. The molecule has 1 saturated heterocycles. The summed E-state index contributed by atoms with van der Waals surface area (Å²) in [5, 5.41) is 0. The maximum absolute atomic E-state index is 6.12. The van der Waals surface area contributed by atoms with E-state index in [4.69, 9.17) is 5.73 Å². The molecule has 0 radical (unpaired) electrons. The van der Waals surface area contributed by atoms with Crippen molar-refractivity contribution < 1.29 is 0 Å². The van der Waals surface area contributed by atoms with Crippen LogP contribution in [-0.4, -0.2) is 24.0 Å². The molecule has 0 saturated carbocycles. The van der Waals surface area contributed by atoms with Crippen molar-refractivity contribution in [2.45, 2.75) is 45.1 Å². The summed E-state index contributed by atoms with van der Waals surface area (Å²) in [4.78, 5) is 2.59. The van der Waals surface area contributed by atoms with Crippen molar-refractivity contribution in [1.29, 1.82) is 0 Å². The average Bonchev–Trinajstić information content (AvgIpc) is 2.81. The Hall–Kier alpha value is -1.02. The van der Waals surface area contributed by atoms with Crippen LogP contribution < -0.4 is 5.73 Å². The highest BCUT2D eigenvalue weighted by Gasteiger charge is 2.34. The monoisotopic (exact) mass is 232 g/mol. The third-order valence-electron chi connectivity index (χ3n) is 4.39. The standard InChI is InChI=1S/C15H24N2/c1-12(17-10-6-7-11-17)15(2,3)13-8-4-5-9-14(13)16/h4-5,8-9,12H,6-7,10-11,16H2,1-3H3. The van der Waals surface area contributed by atoms with Crippen molar-refractivity contribution in [1.82, 2.24) is 4.90 Å². The van der Waals surface area contributed by atoms with Crippen molar-refractivity contribution in [3.05, 3.63) is 29.8 Å². The number of hydrogen-bond acceptors (Lipinski definition) is 2. The highest BCUT2D eigenvalue weighted by Crippen LogP contribution is 2.34. The van der Waals surface area contributed by atoms with Gasteiger partial charge in [-0.05, 0) is 44.5 Å². The number of hydrogen-bond donors (Lipinski definition) is 1. The molecule has 0 bridgehead atoms. The fourth-order valence-corrected chi connectivity index (χ4v) is 2.89. The van der Waals surface area contributed by atoms with Gasteiger partial charge in [0.2, 0.25) is 0 Å². The number of para-hydroxylation sites is 1. The van der Waals surface area contributed by atoms with Gasteiger partial charge in [0.1, 0.15) is 0 Å². The molecule has 1 unspecified atom stereocenters. The Kier molecular flexibility index (Phi) is 3.43. The van der Waals surface area contributed by atoms with Gasteiger partial charge in [-0.15, -0.1) is 0 Å². The molecule has 1 heterocycles. The van der Waals surface area contributed by atoms with E-state index in [0.717, 1.165) is 5.69 Å². The van der Waals surface area contributed by atoms with Crippen molar-refractivity contribution in [2.24, 2.45) is 0 Å². The number of rotatable bonds is 3. The predicted octanol–water partition coefficient (Wildman–Crippen LogP) is 3.03. The molecule has 0 spiro atoms. The lowest BCUT2D eigenvalue weighted by molar-refractivity contribution is 0.180. The lowest BCUT2D eigenvalue weighted by Crippen LogP contribution is -2.44. The second kappa shape index (κ2) is 4.69. The number of benzene rings is 1. The topological polar surface area (TPSA) is 29.3 Å². The van der Waals surface area contributed by atoms with Crippen LogP contribution in [-0.2, 0) is 5.41 Å². The normalized spacial score (nSPS) is 19.5. The fourth-order valence-electron chi connectivity index (χ4n) is 2.89. The smallest absolute Gasteiger partial charge is 0.0352 e. The zero-order valence-electron chi connectivity index (χ0n) is 11.2. The maximum atomic E-state index is 6.12. The van der Waals surface area contributed by atoms with Gasteiger partial charge in [0.05, 0.1) is 0 Å². The molecule has 1 aliphatic heterocycles. The number of likely N-dealkylation sites (tertiary alicyclic amines) is 1. The SMILES string of the molecule is CC(N1CCCC1)C(C)(C)c1ccccc1N. The Balaban J connectivity index is 2.25. The minimum atomic E-state index is 0.107. The summed E-state index contributed by atoms with van der Waals surface area (Å²) in [7, 11) is 0. The van der Waals surface area contributed by atoms with Gasteiger partial charge >= 0.3 is 0 Å². The number of nitrogen functional groups attached to an aromatic ring is 1. The maximum Gasteiger partial charge on any atom is 0.0352 e. The van der Waals surface area contributed by atoms with E-state index in [1.54, 1.807) is 0 Å². The summed E-state index contributed by atoms with van der Waals surface area (Å²) in [6, 6.07) is 8.81. The molecule has 2 N–H and O–H groups in total. The molecule has 1 fully saturated rings. The van der Waals surface area contributed by atoms with Gasteiger partial charge in [0.15, 0.2) is 0 Å². The number of nitrogens with zero attached hydrogens (tertiary/aromatic N) is 1. The minimum Gasteiger partial charge on any atom is -0.398 e. The van der Waals surface area contributed by atoms with E-state index in [1.807, 2.05) is 12.1 Å². The second-order valence-corrected chi connectivity index (χ2v) is 5.73. The first-order valence-electron chi connectivity index (χ1n) is 6.62. The van der Waals surface area contributed by atoms with E-state index in [2.05, 4.69) is 37.8 Å². The summed E-state index contributed by atoms with van der Waals surface area (Å²) in [5.41, 5.74) is 8.43. The van der Waals surface area contributed by atoms with Crippen LogP contribution in [0.1, 0.15) is 39.2 Å². The quantitative estimate of drug-likeness (QED) is 0.812. The van der Waals surface area contributed by atoms with E-state index in [9.17, 15) is 0 Å². The molecule has 2 nitrogen and oxygen atoms in total. The van der Waals surface area contributed by atoms with Gasteiger partial charge < -0.3 is 5.73 Å². The predicted molar refractivity (Wildman–Crippen MR) is 74.1 cm³/mol. The molecule has 0 amide bonds. The van der Waals surface area contributed by atoms with Gasteiger partial charge in [-0.2, -0.15) is 0 Å². The zero-order valence-corrected chi connectivity index (χ0v) is 11.2. The van der Waals surface area contributed by atoms with Gasteiger partial charge in [0, 0.05) is 17.1 Å². The molecule has 1 atom stereocenters. The molecule has 94 valence electrons. The van der Waals surface area contributed by atoms with Crippen molar-refractivity contribution >= 4 is 5.69 Å². The van der Waals surface area contributed by atoms with Crippen LogP contribution in [0.4, 0.5) is 5.69 Å². The lowest BCUT2D eigenvalue weighted by Gasteiger charge is -2.39. The minimum absolute atomic E-state index is 0.107. The van der Waals surface area contributed by atoms with Crippen LogP contribution in [0.2, 0.25) is 0 Å². The van der Waals surface area contributed by atoms with Gasteiger partial charge in [-0.25, -0.2) is 0 Å². The Morgan fingerprint density at radius 3 is 2.35 bits per heavy atom. The molecular weight excluding hydrogens is 208 g/mol. The molecule has 1 aliphatic rings. The molecule has 0 aromatic heterocycles. The fraction of sp³-hybridized carbons (Fsp3) is 0.600. The Labute approximate surface area is 105 Å². The number of nitrogens with two attached hydrogens (primary N) is 1. The van der Waals surface area contributed by atoms with Gasteiger partial charge in [-0.3, -0.25) is 4.90 Å². The zero-order chi connectivity index (χ0) is 12.5. The molecule has 0 aliphatic carbocycles. The van der Waals surface area contributed by atoms with Crippen LogP contribution in [0.15, 0.2) is 24.3 Å². The van der Waals surface area contributed by atoms with Crippen LogP contribution in [0, 0.1) is 0 Å². The van der Waals surface area contributed by atoms with Crippen LogP contribution in [0.3, 0.4) is 0 Å². The average molecular weight is 232 g/mol. The van der Waals surface area contributed by atoms with Gasteiger partial charge in [-0.1, -0.05) is 32.0 Å². The van der Waals surface area contributed by atoms with E-state index >= 15 is 0 Å². The summed E-state index contributed by atoms with van der Waals surface area (Å²) in [6.07, 6.45) is 2.68. The summed E-state index contributed by atoms with van der Waals surface area (Å²) in [5.74, 6) is 0. The largest absolute Gasteiger partial charge is 0.398 e. The van der Waals surface area contributed by atoms with Crippen molar-refractivity contribution in [3.63, 3.8) is 0 Å². The third kappa shape index (κ3) is 2.32. The third-order valence-corrected chi connectivity index (χ3v) is 4.39. The molecular formula is C15H24N2. The van der Waals surface area contributed by atoms with Crippen molar-refractivity contribution in [2.75, 3.05) is 18.8 Å². The van der Waals surface area contributed by atoms with Gasteiger partial charge in [0.25, 0.3) is 0 Å². The molecule has 1 aromatic rings. The molecule has 2 heteroatoms. The first-order valence-corrected chi connectivity index (χ1v) is 6.62. The van der Waals surface area contributed by atoms with E-state index < -0.39 is 0 Å². The van der Waals surface area contributed by atoms with Crippen LogP contribution in [0.5, 0.6) is 0 Å². The molecule has 17 heavy (non-hydrogen) atoms. The Morgan fingerprint density at radius 2 is 1.76 bits per heavy atom. The summed E-state index contributed by atoms with van der Waals surface area (Å²) >= 11 is 0. The molecule has 2 rings (SSSR count). The first kappa shape index (κ1) is 12.4. The van der Waals surface area contributed by atoms with Crippen LogP contribution >= 0.6 is 0 Å². The lowest BCUT2D eigenvalue weighted by atomic mass is 9.77. The Bertz CT molecular complexity index is 378. The summed E-state index contributed by atoms with van der Waals surface area (Å²) < 4.78 is 0. The van der Waals surface area contributed by atoms with Crippen LogP contribution in [0.25, 0.3) is 0 Å². The van der Waals surface area contributed by atoms with Crippen molar-refractivity contribution in [3.8, 4) is 0 Å². The first-order chi connectivity index (χ1) is 8.03. The molecule has 1 aromatic carbocycles. The van der Waals surface area contributed by atoms with E-state index in [1.165, 1.54) is 31.5 Å². The van der Waals surface area contributed by atoms with E-state index in [0.29, 0.717) is 6.04 Å². The second-order valence-electron chi connectivity index (χ2n) is 5.73. The summed E-state index contributed by atoms with van der Waals surface area (Å²) in [6.45, 7) is 9.41. The van der Waals surface area contributed by atoms with E-state index in [-0.39, 0.29) is 5.41 Å². The highest BCUT2D eigenvalue weighted by atomic mass is 15.2. The Morgan fingerprint density at radius 1 is 1.18 bits per heavy atom. The highest BCUT2D eigenvalue weighted by molar-refractivity contribution is 5.50.